The van der Waals surface area contributed by atoms with Crippen LogP contribution in [0.4, 0.5) is 5.69 Å². The van der Waals surface area contributed by atoms with Crippen LogP contribution in [0.1, 0.15) is 16.8 Å². The normalized spacial score (nSPS) is 11.1. The van der Waals surface area contributed by atoms with E-state index in [9.17, 15) is 13.2 Å². The quantitative estimate of drug-likeness (QED) is 0.585. The molecule has 2 aromatic rings. The van der Waals surface area contributed by atoms with Crippen molar-refractivity contribution < 1.29 is 27.4 Å². The highest BCUT2D eigenvalue weighted by Crippen LogP contribution is 2.23. The predicted octanol–water partition coefficient (Wildman–Crippen LogP) is 2.27. The van der Waals surface area contributed by atoms with Crippen LogP contribution >= 0.6 is 0 Å². The Hall–Kier alpha value is -2.62. The Kier molecular flexibility index (Phi) is 7.80. The number of sulfonamides is 1. The number of anilines is 1. The van der Waals surface area contributed by atoms with Crippen molar-refractivity contribution in [3.63, 3.8) is 0 Å². The van der Waals surface area contributed by atoms with Crippen molar-refractivity contribution in [2.45, 2.75) is 11.3 Å². The molecule has 2 rings (SSSR count). The lowest BCUT2D eigenvalue weighted by Crippen LogP contribution is -2.25. The summed E-state index contributed by atoms with van der Waals surface area (Å²) in [6.07, 6.45) is 0.577. The zero-order chi connectivity index (χ0) is 20.6. The van der Waals surface area contributed by atoms with Gasteiger partial charge in [0, 0.05) is 37.6 Å². The summed E-state index contributed by atoms with van der Waals surface area (Å²) < 4.78 is 42.2. The van der Waals surface area contributed by atoms with Gasteiger partial charge in [-0.15, -0.1) is 0 Å². The average molecular weight is 408 g/mol. The minimum atomic E-state index is -3.61. The highest BCUT2D eigenvalue weighted by Gasteiger charge is 2.14. The van der Waals surface area contributed by atoms with Gasteiger partial charge in [-0.25, -0.2) is 13.1 Å². The van der Waals surface area contributed by atoms with E-state index in [0.717, 1.165) is 0 Å². The largest absolute Gasteiger partial charge is 0.497 e. The van der Waals surface area contributed by atoms with Crippen LogP contribution in [0.25, 0.3) is 0 Å². The van der Waals surface area contributed by atoms with Crippen molar-refractivity contribution in [3.05, 3.63) is 48.0 Å². The molecule has 0 atom stereocenters. The molecule has 0 saturated carbocycles. The second-order valence-corrected chi connectivity index (χ2v) is 7.59. The molecule has 0 fully saturated rings. The van der Waals surface area contributed by atoms with E-state index in [1.807, 2.05) is 0 Å². The Bertz CT molecular complexity index is 875. The van der Waals surface area contributed by atoms with E-state index in [-0.39, 0.29) is 17.3 Å². The number of methoxy groups -OCH3 is 3. The molecule has 0 spiro atoms. The third-order valence-electron chi connectivity index (χ3n) is 3.85. The van der Waals surface area contributed by atoms with Crippen molar-refractivity contribution in [3.8, 4) is 11.5 Å². The van der Waals surface area contributed by atoms with E-state index in [1.54, 1.807) is 25.3 Å². The van der Waals surface area contributed by atoms with Gasteiger partial charge in [0.25, 0.3) is 5.91 Å². The zero-order valence-electron chi connectivity index (χ0n) is 16.0. The lowest BCUT2D eigenvalue weighted by atomic mass is 10.2. The van der Waals surface area contributed by atoms with Crippen LogP contribution < -0.4 is 19.5 Å². The Morgan fingerprint density at radius 1 is 0.964 bits per heavy atom. The average Bonchev–Trinajstić information content (AvgIpc) is 2.71. The van der Waals surface area contributed by atoms with E-state index in [2.05, 4.69) is 10.0 Å². The highest BCUT2D eigenvalue weighted by molar-refractivity contribution is 7.89. The fourth-order valence-corrected chi connectivity index (χ4v) is 3.44. The lowest BCUT2D eigenvalue weighted by Gasteiger charge is -2.10. The van der Waals surface area contributed by atoms with E-state index < -0.39 is 10.0 Å². The van der Waals surface area contributed by atoms with Gasteiger partial charge in [0.15, 0.2) is 0 Å². The number of rotatable bonds is 10. The van der Waals surface area contributed by atoms with Crippen molar-refractivity contribution in [2.24, 2.45) is 0 Å². The predicted molar refractivity (Wildman–Crippen MR) is 106 cm³/mol. The molecule has 2 N–H and O–H groups in total. The number of benzene rings is 2. The molecule has 0 saturated heterocycles. The molecule has 0 aliphatic heterocycles. The van der Waals surface area contributed by atoms with E-state index in [1.165, 1.54) is 38.5 Å². The molecule has 9 heteroatoms. The summed E-state index contributed by atoms with van der Waals surface area (Å²) in [5, 5.41) is 2.72. The molecule has 0 unspecified atom stereocenters. The number of amides is 1. The van der Waals surface area contributed by atoms with Gasteiger partial charge in [0.05, 0.1) is 19.1 Å². The Morgan fingerprint density at radius 3 is 2.11 bits per heavy atom. The first-order chi connectivity index (χ1) is 13.4. The maximum Gasteiger partial charge on any atom is 0.255 e. The summed E-state index contributed by atoms with van der Waals surface area (Å²) in [4.78, 5) is 12.6. The van der Waals surface area contributed by atoms with Crippen molar-refractivity contribution in [2.75, 3.05) is 39.8 Å². The van der Waals surface area contributed by atoms with Crippen LogP contribution in [0.5, 0.6) is 11.5 Å². The maximum absolute atomic E-state index is 12.5. The van der Waals surface area contributed by atoms with Crippen molar-refractivity contribution >= 4 is 21.6 Å². The van der Waals surface area contributed by atoms with Crippen molar-refractivity contribution in [1.82, 2.24) is 4.72 Å². The van der Waals surface area contributed by atoms with Crippen LogP contribution in [0, 0.1) is 0 Å². The molecule has 0 heterocycles. The van der Waals surface area contributed by atoms with Gasteiger partial charge in [-0.1, -0.05) is 0 Å². The summed E-state index contributed by atoms with van der Waals surface area (Å²) in [6.45, 7) is 0.759. The molecular formula is C19H24N2O6S. The fourth-order valence-electron chi connectivity index (χ4n) is 2.37. The molecule has 0 aliphatic carbocycles. The van der Waals surface area contributed by atoms with Crippen LogP contribution in [0.15, 0.2) is 47.4 Å². The van der Waals surface area contributed by atoms with Gasteiger partial charge in [-0.2, -0.15) is 0 Å². The molecule has 1 amide bonds. The monoisotopic (exact) mass is 408 g/mol. The Labute approximate surface area is 164 Å². The van der Waals surface area contributed by atoms with Crippen LogP contribution in [0.3, 0.4) is 0 Å². The van der Waals surface area contributed by atoms with Gasteiger partial charge < -0.3 is 19.5 Å². The third kappa shape index (κ3) is 5.95. The van der Waals surface area contributed by atoms with Crippen LogP contribution in [0.2, 0.25) is 0 Å². The third-order valence-corrected chi connectivity index (χ3v) is 5.33. The summed E-state index contributed by atoms with van der Waals surface area (Å²) >= 11 is 0. The topological polar surface area (TPSA) is 103 Å². The fraction of sp³-hybridized carbons (Fsp3) is 0.316. The number of ether oxygens (including phenoxy) is 3. The number of nitrogens with one attached hydrogen (secondary N) is 2. The Balaban J connectivity index is 2.07. The molecule has 0 bridgehead atoms. The smallest absolute Gasteiger partial charge is 0.255 e. The Morgan fingerprint density at radius 2 is 1.57 bits per heavy atom. The first-order valence-electron chi connectivity index (χ1n) is 8.52. The summed E-state index contributed by atoms with van der Waals surface area (Å²) in [6, 6.07) is 10.7. The summed E-state index contributed by atoms with van der Waals surface area (Å²) in [5.74, 6) is 0.612. The molecule has 0 radical (unpaired) electrons. The molecule has 28 heavy (non-hydrogen) atoms. The lowest BCUT2D eigenvalue weighted by molar-refractivity contribution is 0.102. The zero-order valence-corrected chi connectivity index (χ0v) is 16.8. The van der Waals surface area contributed by atoms with Gasteiger partial charge in [-0.3, -0.25) is 4.79 Å². The molecule has 2 aromatic carbocycles. The number of hydrogen-bond donors (Lipinski definition) is 2. The summed E-state index contributed by atoms with van der Waals surface area (Å²) in [5.41, 5.74) is 0.817. The molecule has 152 valence electrons. The van der Waals surface area contributed by atoms with E-state index >= 15 is 0 Å². The van der Waals surface area contributed by atoms with Gasteiger partial charge in [0.1, 0.15) is 11.5 Å². The number of hydrogen-bond acceptors (Lipinski definition) is 6. The van der Waals surface area contributed by atoms with Crippen molar-refractivity contribution in [1.29, 1.82) is 0 Å². The molecule has 0 aliphatic rings. The molecule has 8 nitrogen and oxygen atoms in total. The SMILES string of the molecule is COCCCNS(=O)(=O)c1ccc(NC(=O)c2cc(OC)cc(OC)c2)cc1. The van der Waals surface area contributed by atoms with E-state index in [4.69, 9.17) is 14.2 Å². The number of carbonyl (C=O) groups is 1. The van der Waals surface area contributed by atoms with Gasteiger partial charge >= 0.3 is 0 Å². The highest BCUT2D eigenvalue weighted by atomic mass is 32.2. The molecular weight excluding hydrogens is 384 g/mol. The first kappa shape index (κ1) is 21.7. The molecule has 0 aromatic heterocycles. The first-order valence-corrected chi connectivity index (χ1v) is 10.0. The van der Waals surface area contributed by atoms with Crippen LogP contribution in [-0.2, 0) is 14.8 Å². The van der Waals surface area contributed by atoms with E-state index in [0.29, 0.717) is 35.8 Å². The minimum Gasteiger partial charge on any atom is -0.497 e. The second kappa shape index (κ2) is 10.1. The number of carbonyl (C=O) groups excluding carboxylic acids is 1. The summed E-state index contributed by atoms with van der Waals surface area (Å²) in [7, 11) is 0.949. The van der Waals surface area contributed by atoms with Gasteiger partial charge in [0.2, 0.25) is 10.0 Å². The second-order valence-electron chi connectivity index (χ2n) is 5.82. The maximum atomic E-state index is 12.5. The standard InChI is InChI=1S/C19H24N2O6S/c1-25-10-4-9-20-28(23,24)18-7-5-15(6-8-18)21-19(22)14-11-16(26-2)13-17(12-14)27-3/h5-8,11-13,20H,4,9-10H2,1-3H3,(H,21,22). The van der Waals surface area contributed by atoms with Gasteiger partial charge in [-0.05, 0) is 42.8 Å². The minimum absolute atomic E-state index is 0.117. The van der Waals surface area contributed by atoms with Crippen LogP contribution in [-0.4, -0.2) is 48.8 Å².